The molecule has 3 rings (SSSR count). The average molecular weight is 437 g/mol. The maximum Gasteiger partial charge on any atom is 0.240 e. The minimum Gasteiger partial charge on any atom is -0.351 e. The number of amides is 1. The van der Waals surface area contributed by atoms with Gasteiger partial charge in [0, 0.05) is 38.6 Å². The topological polar surface area (TPSA) is 135 Å². The minimum atomic E-state index is -3.71. The molecule has 0 atom stereocenters. The summed E-state index contributed by atoms with van der Waals surface area (Å²) in [7, 11) is -3.71. The third-order valence-corrected chi connectivity index (χ3v) is 5.86. The van der Waals surface area contributed by atoms with E-state index in [9.17, 15) is 13.2 Å². The highest BCUT2D eigenvalue weighted by atomic mass is 32.2. The van der Waals surface area contributed by atoms with Gasteiger partial charge < -0.3 is 9.84 Å². The summed E-state index contributed by atoms with van der Waals surface area (Å²) in [5.74, 6) is 1.51. The minimum absolute atomic E-state index is 0.0522. The van der Waals surface area contributed by atoms with E-state index in [0.29, 0.717) is 25.5 Å². The molecule has 1 saturated heterocycles. The Hall–Kier alpha value is -2.34. The largest absolute Gasteiger partial charge is 0.351 e. The first kappa shape index (κ1) is 22.3. The van der Waals surface area contributed by atoms with Gasteiger partial charge in [0.1, 0.15) is 0 Å². The zero-order valence-electron chi connectivity index (χ0n) is 17.2. The van der Waals surface area contributed by atoms with E-state index in [0.717, 1.165) is 37.6 Å². The third-order valence-electron chi connectivity index (χ3n) is 4.93. The van der Waals surface area contributed by atoms with Crippen molar-refractivity contribution in [3.63, 3.8) is 0 Å². The average Bonchev–Trinajstić information content (AvgIpc) is 3.16. The zero-order valence-corrected chi connectivity index (χ0v) is 18.1. The molecule has 0 spiro atoms. The molecule has 1 aliphatic rings. The van der Waals surface area contributed by atoms with Crippen molar-refractivity contribution in [3.8, 4) is 0 Å². The third kappa shape index (κ3) is 6.33. The fourth-order valence-corrected chi connectivity index (χ4v) is 3.64. The number of hydrogen-bond donors (Lipinski definition) is 2. The number of benzene rings is 1. The van der Waals surface area contributed by atoms with E-state index in [1.54, 1.807) is 12.1 Å². The number of carbonyl (C=O) groups excluding carboxylic acids is 1. The Kier molecular flexibility index (Phi) is 7.19. The molecule has 1 fully saturated rings. The van der Waals surface area contributed by atoms with Gasteiger partial charge in [-0.1, -0.05) is 31.1 Å². The van der Waals surface area contributed by atoms with Crippen LogP contribution < -0.4 is 10.5 Å². The van der Waals surface area contributed by atoms with Crippen LogP contribution in [0.15, 0.2) is 33.7 Å². The highest BCUT2D eigenvalue weighted by Crippen LogP contribution is 2.12. The summed E-state index contributed by atoms with van der Waals surface area (Å²) < 4.78 is 27.8. The smallest absolute Gasteiger partial charge is 0.240 e. The van der Waals surface area contributed by atoms with Crippen LogP contribution in [0.5, 0.6) is 0 Å². The van der Waals surface area contributed by atoms with Crippen molar-refractivity contribution >= 4 is 15.9 Å². The van der Waals surface area contributed by atoms with Crippen molar-refractivity contribution in [3.05, 3.63) is 41.5 Å². The maximum atomic E-state index is 12.2. The molecular formula is C19H28N6O4S. The van der Waals surface area contributed by atoms with Crippen LogP contribution in [0.3, 0.4) is 0 Å². The Labute approximate surface area is 176 Å². The van der Waals surface area contributed by atoms with Crippen LogP contribution in [0.2, 0.25) is 0 Å². The van der Waals surface area contributed by atoms with Crippen LogP contribution in [0.1, 0.15) is 37.0 Å². The zero-order chi connectivity index (χ0) is 21.7. The van der Waals surface area contributed by atoms with Gasteiger partial charge in [-0.05, 0) is 17.7 Å². The fraction of sp³-hybridized carbons (Fsp3) is 0.526. The first-order valence-electron chi connectivity index (χ1n) is 9.86. The highest BCUT2D eigenvalue weighted by molar-refractivity contribution is 7.89. The molecule has 1 aromatic carbocycles. The van der Waals surface area contributed by atoms with E-state index in [1.165, 1.54) is 12.1 Å². The number of nitrogens with zero attached hydrogens (tertiary/aromatic N) is 4. The van der Waals surface area contributed by atoms with Crippen molar-refractivity contribution in [1.82, 2.24) is 25.3 Å². The molecular weight excluding hydrogens is 408 g/mol. The van der Waals surface area contributed by atoms with Crippen molar-refractivity contribution in [2.75, 3.05) is 32.7 Å². The summed E-state index contributed by atoms with van der Waals surface area (Å²) in [4.78, 5) is 21.0. The molecule has 2 heterocycles. The van der Waals surface area contributed by atoms with Crippen LogP contribution in [0.4, 0.5) is 0 Å². The van der Waals surface area contributed by atoms with Gasteiger partial charge in [0.2, 0.25) is 21.8 Å². The molecule has 1 aliphatic heterocycles. The lowest BCUT2D eigenvalue weighted by molar-refractivity contribution is -0.122. The second-order valence-electron chi connectivity index (χ2n) is 7.72. The molecule has 0 bridgehead atoms. The van der Waals surface area contributed by atoms with Crippen LogP contribution >= 0.6 is 0 Å². The molecule has 0 radical (unpaired) electrons. The van der Waals surface area contributed by atoms with Crippen molar-refractivity contribution < 1.29 is 17.7 Å². The Morgan fingerprint density at radius 3 is 2.37 bits per heavy atom. The molecule has 2 aromatic rings. The number of piperazine rings is 1. The molecule has 0 aliphatic carbocycles. The molecule has 10 nitrogen and oxygen atoms in total. The number of primary sulfonamides is 1. The molecule has 0 unspecified atom stereocenters. The lowest BCUT2D eigenvalue weighted by Gasteiger charge is -2.33. The summed E-state index contributed by atoms with van der Waals surface area (Å²) >= 11 is 0. The molecule has 30 heavy (non-hydrogen) atoms. The van der Waals surface area contributed by atoms with Crippen LogP contribution in [-0.4, -0.2) is 67.0 Å². The second kappa shape index (κ2) is 9.65. The van der Waals surface area contributed by atoms with Crippen molar-refractivity contribution in [2.24, 2.45) is 5.14 Å². The number of aromatic nitrogens is 2. The van der Waals surface area contributed by atoms with Gasteiger partial charge in [-0.25, -0.2) is 13.6 Å². The lowest BCUT2D eigenvalue weighted by Crippen LogP contribution is -2.49. The lowest BCUT2D eigenvalue weighted by atomic mass is 10.2. The van der Waals surface area contributed by atoms with Crippen molar-refractivity contribution in [2.45, 2.75) is 37.8 Å². The van der Waals surface area contributed by atoms with E-state index < -0.39 is 10.0 Å². The van der Waals surface area contributed by atoms with Gasteiger partial charge in [-0.15, -0.1) is 0 Å². The number of carbonyl (C=O) groups is 1. The predicted octanol–water partition coefficient (Wildman–Crippen LogP) is 0.274. The molecule has 1 amide bonds. The molecule has 3 N–H and O–H groups in total. The number of nitrogens with two attached hydrogens (primary N) is 1. The SMILES string of the molecule is CC(C)c1noc(CN2CCN(CC(=O)NCc3ccc(S(N)(=O)=O)cc3)CC2)n1. The van der Waals surface area contributed by atoms with Gasteiger partial charge in [0.25, 0.3) is 0 Å². The van der Waals surface area contributed by atoms with Gasteiger partial charge in [-0.3, -0.25) is 14.6 Å². The molecule has 11 heteroatoms. The van der Waals surface area contributed by atoms with Crippen molar-refractivity contribution in [1.29, 1.82) is 0 Å². The predicted molar refractivity (Wildman–Crippen MR) is 110 cm³/mol. The summed E-state index contributed by atoms with van der Waals surface area (Å²) in [5.41, 5.74) is 0.806. The van der Waals surface area contributed by atoms with E-state index in [-0.39, 0.29) is 16.7 Å². The highest BCUT2D eigenvalue weighted by Gasteiger charge is 2.21. The van der Waals surface area contributed by atoms with E-state index in [1.807, 2.05) is 13.8 Å². The first-order chi connectivity index (χ1) is 14.2. The van der Waals surface area contributed by atoms with Crippen LogP contribution in [0, 0.1) is 0 Å². The Morgan fingerprint density at radius 1 is 1.17 bits per heavy atom. The van der Waals surface area contributed by atoms with Crippen LogP contribution in [-0.2, 0) is 27.9 Å². The summed E-state index contributed by atoms with van der Waals surface area (Å²) in [5, 5.41) is 11.9. The summed E-state index contributed by atoms with van der Waals surface area (Å²) in [6.07, 6.45) is 0. The fourth-order valence-electron chi connectivity index (χ4n) is 3.12. The Balaban J connectivity index is 1.38. The Morgan fingerprint density at radius 2 is 1.80 bits per heavy atom. The molecule has 1 aromatic heterocycles. The monoisotopic (exact) mass is 436 g/mol. The maximum absolute atomic E-state index is 12.2. The summed E-state index contributed by atoms with van der Waals surface area (Å²) in [6, 6.07) is 6.15. The second-order valence-corrected chi connectivity index (χ2v) is 9.28. The summed E-state index contributed by atoms with van der Waals surface area (Å²) in [6.45, 7) is 8.53. The first-order valence-corrected chi connectivity index (χ1v) is 11.4. The van der Waals surface area contributed by atoms with E-state index in [2.05, 4.69) is 25.3 Å². The molecule has 0 saturated carbocycles. The van der Waals surface area contributed by atoms with E-state index in [4.69, 9.17) is 9.66 Å². The quantitative estimate of drug-likeness (QED) is 0.602. The number of nitrogens with one attached hydrogen (secondary N) is 1. The van der Waals surface area contributed by atoms with E-state index >= 15 is 0 Å². The molecule has 164 valence electrons. The number of sulfonamides is 1. The number of hydrogen-bond acceptors (Lipinski definition) is 8. The normalized spacial score (nSPS) is 16.1. The Bertz CT molecular complexity index is 950. The van der Waals surface area contributed by atoms with Gasteiger partial charge in [0.05, 0.1) is 18.0 Å². The van der Waals surface area contributed by atoms with Crippen LogP contribution in [0.25, 0.3) is 0 Å². The number of rotatable bonds is 8. The van der Waals surface area contributed by atoms with Gasteiger partial charge >= 0.3 is 0 Å². The van der Waals surface area contributed by atoms with Gasteiger partial charge in [0.15, 0.2) is 5.82 Å². The van der Waals surface area contributed by atoms with Gasteiger partial charge in [-0.2, -0.15) is 4.98 Å². The standard InChI is InChI=1S/C19H28N6O4S/c1-14(2)19-22-18(29-23-19)13-25-9-7-24(8-10-25)12-17(26)21-11-15-3-5-16(6-4-15)30(20,27)28/h3-6,14H,7-13H2,1-2H3,(H,21,26)(H2,20,27,28).